The maximum Gasteiger partial charge on any atom is 0.191 e. The molecule has 172 valence electrons. The third-order valence-corrected chi connectivity index (χ3v) is 4.94. The van der Waals surface area contributed by atoms with Crippen molar-refractivity contribution < 1.29 is 9.15 Å². The molecule has 0 spiro atoms. The van der Waals surface area contributed by atoms with Crippen molar-refractivity contribution in [2.75, 3.05) is 64.9 Å². The standard InChI is InChI=1S/C22H34N6O2.HI/c1-27(2)21-8-3-6-19(26-21)18-25-22(24-11-9-20-7-4-15-30-20)23-10-5-12-28-13-16-29-17-14-28;/h3-4,6-8,15H,5,9-14,16-18H2,1-2H3,(H2,23,24,25);1H. The summed E-state index contributed by atoms with van der Waals surface area (Å²) in [5.74, 6) is 2.71. The van der Waals surface area contributed by atoms with Crippen LogP contribution in [0.3, 0.4) is 0 Å². The Morgan fingerprint density at radius 2 is 1.94 bits per heavy atom. The highest BCUT2D eigenvalue weighted by molar-refractivity contribution is 14.0. The molecule has 0 amide bonds. The van der Waals surface area contributed by atoms with Gasteiger partial charge in [-0.3, -0.25) is 4.90 Å². The number of guanidine groups is 1. The van der Waals surface area contributed by atoms with Gasteiger partial charge in [-0.1, -0.05) is 6.07 Å². The second kappa shape index (κ2) is 14.3. The number of hydrogen-bond acceptors (Lipinski definition) is 6. The summed E-state index contributed by atoms with van der Waals surface area (Å²) >= 11 is 0. The van der Waals surface area contributed by atoms with Gasteiger partial charge in [-0.25, -0.2) is 9.98 Å². The zero-order valence-electron chi connectivity index (χ0n) is 18.5. The minimum Gasteiger partial charge on any atom is -0.469 e. The molecule has 3 rings (SSSR count). The van der Waals surface area contributed by atoms with Crippen molar-refractivity contribution in [2.45, 2.75) is 19.4 Å². The smallest absolute Gasteiger partial charge is 0.191 e. The van der Waals surface area contributed by atoms with Crippen LogP contribution in [0, 0.1) is 0 Å². The van der Waals surface area contributed by atoms with Crippen molar-refractivity contribution in [2.24, 2.45) is 4.99 Å². The van der Waals surface area contributed by atoms with E-state index in [0.717, 1.165) is 82.0 Å². The molecular weight excluding hydrogens is 507 g/mol. The highest BCUT2D eigenvalue weighted by Crippen LogP contribution is 2.08. The Kier molecular flexibility index (Phi) is 11.7. The number of nitrogens with one attached hydrogen (secondary N) is 2. The number of anilines is 1. The Bertz CT molecular complexity index is 763. The average Bonchev–Trinajstić information content (AvgIpc) is 3.29. The second-order valence-electron chi connectivity index (χ2n) is 7.54. The molecule has 0 unspecified atom stereocenters. The van der Waals surface area contributed by atoms with Gasteiger partial charge in [0.2, 0.25) is 0 Å². The van der Waals surface area contributed by atoms with Gasteiger partial charge in [0, 0.05) is 46.7 Å². The van der Waals surface area contributed by atoms with Crippen LogP contribution in [0.15, 0.2) is 46.0 Å². The number of halogens is 1. The average molecular weight is 542 g/mol. The zero-order chi connectivity index (χ0) is 21.0. The number of aromatic nitrogens is 1. The fourth-order valence-corrected chi connectivity index (χ4v) is 3.23. The van der Waals surface area contributed by atoms with E-state index in [1.54, 1.807) is 6.26 Å². The molecule has 31 heavy (non-hydrogen) atoms. The summed E-state index contributed by atoms with van der Waals surface area (Å²) < 4.78 is 10.8. The first-order valence-corrected chi connectivity index (χ1v) is 10.7. The van der Waals surface area contributed by atoms with Crippen LogP contribution in [0.25, 0.3) is 0 Å². The summed E-state index contributed by atoms with van der Waals surface area (Å²) in [4.78, 5) is 13.8. The Hall–Kier alpha value is -1.85. The second-order valence-corrected chi connectivity index (χ2v) is 7.54. The molecule has 0 bridgehead atoms. The van der Waals surface area contributed by atoms with Crippen LogP contribution in [0.1, 0.15) is 17.9 Å². The van der Waals surface area contributed by atoms with Gasteiger partial charge in [-0.05, 0) is 37.2 Å². The summed E-state index contributed by atoms with van der Waals surface area (Å²) in [5, 5.41) is 6.87. The van der Waals surface area contributed by atoms with E-state index in [0.29, 0.717) is 6.54 Å². The van der Waals surface area contributed by atoms with E-state index in [2.05, 4.69) is 20.5 Å². The number of aliphatic imine (C=N–C) groups is 1. The summed E-state index contributed by atoms with van der Waals surface area (Å²) in [5.41, 5.74) is 0.946. The first-order chi connectivity index (χ1) is 14.7. The first kappa shape index (κ1) is 25.4. The monoisotopic (exact) mass is 542 g/mol. The third kappa shape index (κ3) is 9.44. The summed E-state index contributed by atoms with van der Waals surface area (Å²) in [6.07, 6.45) is 3.58. The third-order valence-electron chi connectivity index (χ3n) is 4.94. The molecule has 2 aromatic rings. The van der Waals surface area contributed by atoms with Crippen LogP contribution in [0.5, 0.6) is 0 Å². The number of furan rings is 1. The molecule has 8 nitrogen and oxygen atoms in total. The molecule has 0 aliphatic carbocycles. The molecule has 0 saturated carbocycles. The van der Waals surface area contributed by atoms with E-state index < -0.39 is 0 Å². The number of ether oxygens (including phenoxy) is 1. The van der Waals surface area contributed by atoms with E-state index in [9.17, 15) is 0 Å². The number of morpholine rings is 1. The number of nitrogens with zero attached hydrogens (tertiary/aromatic N) is 4. The maximum atomic E-state index is 5.42. The maximum absolute atomic E-state index is 5.42. The highest BCUT2D eigenvalue weighted by Gasteiger charge is 2.09. The van der Waals surface area contributed by atoms with Crippen LogP contribution in [-0.4, -0.2) is 75.9 Å². The summed E-state index contributed by atoms with van der Waals surface area (Å²) in [7, 11) is 3.99. The largest absolute Gasteiger partial charge is 0.469 e. The molecule has 9 heteroatoms. The summed E-state index contributed by atoms with van der Waals surface area (Å²) in [6, 6.07) is 9.94. The van der Waals surface area contributed by atoms with E-state index in [-0.39, 0.29) is 24.0 Å². The molecule has 0 radical (unpaired) electrons. The first-order valence-electron chi connectivity index (χ1n) is 10.7. The SMILES string of the molecule is CN(C)c1cccc(CN=C(NCCCN2CCOCC2)NCCc2ccco2)n1.I. The molecule has 1 aliphatic heterocycles. The molecular formula is C22H35IN6O2. The number of rotatable bonds is 10. The molecule has 1 aliphatic rings. The van der Waals surface area contributed by atoms with Gasteiger partial charge in [-0.15, -0.1) is 24.0 Å². The Balaban J connectivity index is 0.00000341. The van der Waals surface area contributed by atoms with Gasteiger partial charge in [0.15, 0.2) is 5.96 Å². The number of pyridine rings is 1. The van der Waals surface area contributed by atoms with Crippen molar-refractivity contribution in [3.05, 3.63) is 48.0 Å². The van der Waals surface area contributed by atoms with Crippen LogP contribution in [-0.2, 0) is 17.7 Å². The van der Waals surface area contributed by atoms with Gasteiger partial charge in [-0.2, -0.15) is 0 Å². The fourth-order valence-electron chi connectivity index (χ4n) is 3.23. The molecule has 1 fully saturated rings. The minimum absolute atomic E-state index is 0. The number of hydrogen-bond donors (Lipinski definition) is 2. The van der Waals surface area contributed by atoms with Crippen molar-refractivity contribution in [1.82, 2.24) is 20.5 Å². The summed E-state index contributed by atoms with van der Waals surface area (Å²) in [6.45, 7) is 6.96. The van der Waals surface area contributed by atoms with Crippen LogP contribution in [0.2, 0.25) is 0 Å². The predicted octanol–water partition coefficient (Wildman–Crippen LogP) is 2.36. The zero-order valence-corrected chi connectivity index (χ0v) is 20.9. The predicted molar refractivity (Wildman–Crippen MR) is 135 cm³/mol. The van der Waals surface area contributed by atoms with Crippen molar-refractivity contribution in [3.63, 3.8) is 0 Å². The lowest BCUT2D eigenvalue weighted by molar-refractivity contribution is 0.0376. The van der Waals surface area contributed by atoms with Crippen LogP contribution < -0.4 is 15.5 Å². The van der Waals surface area contributed by atoms with Gasteiger partial charge in [0.1, 0.15) is 11.6 Å². The lowest BCUT2D eigenvalue weighted by Gasteiger charge is -2.26. The van der Waals surface area contributed by atoms with E-state index >= 15 is 0 Å². The van der Waals surface area contributed by atoms with Gasteiger partial charge in [0.25, 0.3) is 0 Å². The Morgan fingerprint density at radius 3 is 2.68 bits per heavy atom. The molecule has 0 atom stereocenters. The van der Waals surface area contributed by atoms with Crippen LogP contribution in [0.4, 0.5) is 5.82 Å². The van der Waals surface area contributed by atoms with Crippen molar-refractivity contribution >= 4 is 35.8 Å². The van der Waals surface area contributed by atoms with Gasteiger partial charge in [0.05, 0.1) is 31.7 Å². The fraction of sp³-hybridized carbons (Fsp3) is 0.545. The molecule has 1 saturated heterocycles. The Morgan fingerprint density at radius 1 is 1.13 bits per heavy atom. The van der Waals surface area contributed by atoms with Gasteiger partial charge < -0.3 is 24.7 Å². The molecule has 0 aromatic carbocycles. The van der Waals surface area contributed by atoms with E-state index in [1.165, 1.54) is 0 Å². The highest BCUT2D eigenvalue weighted by atomic mass is 127. The quantitative estimate of drug-likeness (QED) is 0.207. The molecule has 2 N–H and O–H groups in total. The van der Waals surface area contributed by atoms with E-state index in [4.69, 9.17) is 14.1 Å². The normalized spacial score (nSPS) is 14.7. The lowest BCUT2D eigenvalue weighted by Crippen LogP contribution is -2.41. The van der Waals surface area contributed by atoms with Gasteiger partial charge >= 0.3 is 0 Å². The van der Waals surface area contributed by atoms with E-state index in [1.807, 2.05) is 49.3 Å². The topological polar surface area (TPSA) is 78.2 Å². The minimum atomic E-state index is 0. The molecule has 2 aromatic heterocycles. The molecule has 3 heterocycles. The van der Waals surface area contributed by atoms with Crippen LogP contribution >= 0.6 is 24.0 Å². The Labute approximate surface area is 202 Å². The van der Waals surface area contributed by atoms with Crippen molar-refractivity contribution in [1.29, 1.82) is 0 Å². The van der Waals surface area contributed by atoms with Crippen molar-refractivity contribution in [3.8, 4) is 0 Å². The lowest BCUT2D eigenvalue weighted by atomic mass is 10.3.